The van der Waals surface area contributed by atoms with Crippen molar-refractivity contribution in [3.05, 3.63) is 42.6 Å². The highest BCUT2D eigenvalue weighted by molar-refractivity contribution is 5.93. The SMILES string of the molecule is CN(C)c1ccc(Nc2ccc(NC(=O)C3CC3)nc2)cc1. The standard InChI is InChI=1S/C17H20N4O/c1-21(2)15-8-5-13(6-9-15)19-14-7-10-16(18-11-14)20-17(22)12-3-4-12/h5-12,19H,3-4H2,1-2H3,(H,18,20,22). The van der Waals surface area contributed by atoms with Gasteiger partial charge in [0, 0.05) is 31.4 Å². The Kier molecular flexibility index (Phi) is 3.96. The van der Waals surface area contributed by atoms with Crippen LogP contribution in [0.25, 0.3) is 0 Å². The van der Waals surface area contributed by atoms with E-state index in [-0.39, 0.29) is 11.8 Å². The molecule has 1 aromatic heterocycles. The first-order valence-corrected chi connectivity index (χ1v) is 7.43. The molecule has 1 fully saturated rings. The third kappa shape index (κ3) is 3.55. The van der Waals surface area contributed by atoms with Crippen LogP contribution in [-0.2, 0) is 4.79 Å². The summed E-state index contributed by atoms with van der Waals surface area (Å²) in [5, 5.41) is 6.12. The number of rotatable bonds is 5. The minimum atomic E-state index is 0.0764. The van der Waals surface area contributed by atoms with Crippen molar-refractivity contribution < 1.29 is 4.79 Å². The molecule has 0 radical (unpaired) electrons. The number of aromatic nitrogens is 1. The first kappa shape index (κ1) is 14.4. The second kappa shape index (κ2) is 6.05. The predicted molar refractivity (Wildman–Crippen MR) is 89.6 cm³/mol. The third-order valence-electron chi connectivity index (χ3n) is 3.64. The van der Waals surface area contributed by atoms with Gasteiger partial charge in [0.2, 0.25) is 5.91 Å². The smallest absolute Gasteiger partial charge is 0.228 e. The fourth-order valence-corrected chi connectivity index (χ4v) is 2.13. The van der Waals surface area contributed by atoms with Crippen molar-refractivity contribution in [2.24, 2.45) is 5.92 Å². The van der Waals surface area contributed by atoms with Crippen LogP contribution < -0.4 is 15.5 Å². The molecule has 0 aliphatic heterocycles. The van der Waals surface area contributed by atoms with Crippen LogP contribution in [0.3, 0.4) is 0 Å². The summed E-state index contributed by atoms with van der Waals surface area (Å²) in [6.45, 7) is 0. The molecule has 0 spiro atoms. The lowest BCUT2D eigenvalue weighted by Crippen LogP contribution is -2.14. The van der Waals surface area contributed by atoms with Gasteiger partial charge in [0.1, 0.15) is 5.82 Å². The Morgan fingerprint density at radius 2 is 1.77 bits per heavy atom. The predicted octanol–water partition coefficient (Wildman–Crippen LogP) is 3.24. The summed E-state index contributed by atoms with van der Waals surface area (Å²) in [5.41, 5.74) is 3.05. The van der Waals surface area contributed by atoms with Crippen LogP contribution in [0.1, 0.15) is 12.8 Å². The van der Waals surface area contributed by atoms with Gasteiger partial charge in [0.25, 0.3) is 0 Å². The number of pyridine rings is 1. The maximum absolute atomic E-state index is 11.7. The normalized spacial score (nSPS) is 13.5. The highest BCUT2D eigenvalue weighted by atomic mass is 16.2. The maximum Gasteiger partial charge on any atom is 0.228 e. The second-order valence-electron chi connectivity index (χ2n) is 5.76. The minimum Gasteiger partial charge on any atom is -0.378 e. The monoisotopic (exact) mass is 296 g/mol. The van der Waals surface area contributed by atoms with Crippen LogP contribution in [0, 0.1) is 5.92 Å². The highest BCUT2D eigenvalue weighted by Crippen LogP contribution is 2.30. The number of benzene rings is 1. The van der Waals surface area contributed by atoms with Crippen molar-refractivity contribution in [3.63, 3.8) is 0 Å². The van der Waals surface area contributed by atoms with Gasteiger partial charge in [-0.2, -0.15) is 0 Å². The van der Waals surface area contributed by atoms with Crippen LogP contribution >= 0.6 is 0 Å². The Morgan fingerprint density at radius 1 is 1.09 bits per heavy atom. The molecule has 0 atom stereocenters. The van der Waals surface area contributed by atoms with E-state index in [1.807, 2.05) is 38.4 Å². The topological polar surface area (TPSA) is 57.3 Å². The van der Waals surface area contributed by atoms with Gasteiger partial charge in [-0.15, -0.1) is 0 Å². The number of anilines is 4. The summed E-state index contributed by atoms with van der Waals surface area (Å²) in [6, 6.07) is 11.9. The summed E-state index contributed by atoms with van der Waals surface area (Å²) in [5.74, 6) is 0.868. The largest absolute Gasteiger partial charge is 0.378 e. The number of carbonyl (C=O) groups is 1. The molecule has 5 heteroatoms. The Hall–Kier alpha value is -2.56. The van der Waals surface area contributed by atoms with Gasteiger partial charge < -0.3 is 15.5 Å². The first-order chi connectivity index (χ1) is 10.6. The number of hydrogen-bond donors (Lipinski definition) is 2. The van der Waals surface area contributed by atoms with Crippen molar-refractivity contribution in [2.45, 2.75) is 12.8 Å². The van der Waals surface area contributed by atoms with Gasteiger partial charge in [0.15, 0.2) is 0 Å². The quantitative estimate of drug-likeness (QED) is 0.889. The van der Waals surface area contributed by atoms with Crippen molar-refractivity contribution in [1.82, 2.24) is 4.98 Å². The number of nitrogens with one attached hydrogen (secondary N) is 2. The van der Waals surface area contributed by atoms with Crippen LogP contribution in [0.4, 0.5) is 22.9 Å². The number of nitrogens with zero attached hydrogens (tertiary/aromatic N) is 2. The van der Waals surface area contributed by atoms with Gasteiger partial charge in [-0.25, -0.2) is 4.98 Å². The zero-order chi connectivity index (χ0) is 15.5. The zero-order valence-electron chi connectivity index (χ0n) is 12.8. The van der Waals surface area contributed by atoms with Gasteiger partial charge in [-0.3, -0.25) is 4.79 Å². The van der Waals surface area contributed by atoms with E-state index in [2.05, 4.69) is 32.7 Å². The molecule has 1 aromatic carbocycles. The fourth-order valence-electron chi connectivity index (χ4n) is 2.13. The van der Waals surface area contributed by atoms with Crippen molar-refractivity contribution in [1.29, 1.82) is 0 Å². The van der Waals surface area contributed by atoms with E-state index < -0.39 is 0 Å². The average molecular weight is 296 g/mol. The molecule has 1 aliphatic carbocycles. The van der Waals surface area contributed by atoms with Gasteiger partial charge in [-0.1, -0.05) is 0 Å². The molecule has 0 saturated heterocycles. The summed E-state index contributed by atoms with van der Waals surface area (Å²) in [6.07, 6.45) is 3.71. The minimum absolute atomic E-state index is 0.0764. The lowest BCUT2D eigenvalue weighted by molar-refractivity contribution is -0.117. The molecule has 22 heavy (non-hydrogen) atoms. The Morgan fingerprint density at radius 3 is 2.32 bits per heavy atom. The van der Waals surface area contributed by atoms with Gasteiger partial charge >= 0.3 is 0 Å². The zero-order valence-corrected chi connectivity index (χ0v) is 12.8. The summed E-state index contributed by atoms with van der Waals surface area (Å²) in [4.78, 5) is 18.0. The number of amides is 1. The van der Waals surface area contributed by atoms with Crippen molar-refractivity contribution in [3.8, 4) is 0 Å². The van der Waals surface area contributed by atoms with E-state index in [1.165, 1.54) is 0 Å². The summed E-state index contributed by atoms with van der Waals surface area (Å²) >= 11 is 0. The van der Waals surface area contributed by atoms with Crippen LogP contribution in [-0.4, -0.2) is 25.0 Å². The molecule has 2 aromatic rings. The molecule has 1 amide bonds. The molecule has 114 valence electrons. The lowest BCUT2D eigenvalue weighted by atomic mass is 10.2. The van der Waals surface area contributed by atoms with E-state index in [1.54, 1.807) is 6.20 Å². The van der Waals surface area contributed by atoms with E-state index in [0.717, 1.165) is 29.9 Å². The molecule has 3 rings (SSSR count). The second-order valence-corrected chi connectivity index (χ2v) is 5.76. The van der Waals surface area contributed by atoms with Gasteiger partial charge in [0.05, 0.1) is 11.9 Å². The number of hydrogen-bond acceptors (Lipinski definition) is 4. The molecular formula is C17H20N4O. The van der Waals surface area contributed by atoms with Crippen LogP contribution in [0.5, 0.6) is 0 Å². The van der Waals surface area contributed by atoms with Crippen LogP contribution in [0.2, 0.25) is 0 Å². The van der Waals surface area contributed by atoms with E-state index >= 15 is 0 Å². The highest BCUT2D eigenvalue weighted by Gasteiger charge is 2.29. The first-order valence-electron chi connectivity index (χ1n) is 7.43. The lowest BCUT2D eigenvalue weighted by Gasteiger charge is -2.13. The van der Waals surface area contributed by atoms with E-state index in [9.17, 15) is 4.79 Å². The Labute approximate surface area is 130 Å². The van der Waals surface area contributed by atoms with Crippen LogP contribution in [0.15, 0.2) is 42.6 Å². The number of carbonyl (C=O) groups excluding carboxylic acids is 1. The molecule has 5 nitrogen and oxygen atoms in total. The van der Waals surface area contributed by atoms with E-state index in [4.69, 9.17) is 0 Å². The molecule has 1 heterocycles. The van der Waals surface area contributed by atoms with Crippen molar-refractivity contribution in [2.75, 3.05) is 29.6 Å². The third-order valence-corrected chi connectivity index (χ3v) is 3.64. The summed E-state index contributed by atoms with van der Waals surface area (Å²) < 4.78 is 0. The Balaban J connectivity index is 1.61. The Bertz CT molecular complexity index is 645. The maximum atomic E-state index is 11.7. The molecule has 0 unspecified atom stereocenters. The molecular weight excluding hydrogens is 276 g/mol. The summed E-state index contributed by atoms with van der Waals surface area (Å²) in [7, 11) is 4.03. The van der Waals surface area contributed by atoms with E-state index in [0.29, 0.717) is 5.82 Å². The molecule has 0 bridgehead atoms. The average Bonchev–Trinajstić information content (AvgIpc) is 3.34. The molecule has 1 saturated carbocycles. The van der Waals surface area contributed by atoms with Gasteiger partial charge in [-0.05, 0) is 49.2 Å². The fraction of sp³-hybridized carbons (Fsp3) is 0.294. The molecule has 1 aliphatic rings. The molecule has 2 N–H and O–H groups in total. The van der Waals surface area contributed by atoms with Crippen molar-refractivity contribution >= 4 is 28.8 Å².